The molecule has 1 unspecified atom stereocenters. The highest BCUT2D eigenvalue weighted by Crippen LogP contribution is 2.25. The van der Waals surface area contributed by atoms with Crippen molar-refractivity contribution in [1.82, 2.24) is 5.32 Å². The number of hydrogen-bond acceptors (Lipinski definition) is 2. The summed E-state index contributed by atoms with van der Waals surface area (Å²) in [5.41, 5.74) is 0.149. The molecule has 0 bridgehead atoms. The quantitative estimate of drug-likeness (QED) is 0.832. The lowest BCUT2D eigenvalue weighted by Crippen LogP contribution is -2.19. The summed E-state index contributed by atoms with van der Waals surface area (Å²) in [5.74, 6) is -0.953. The minimum atomic E-state index is -0.476. The minimum absolute atomic E-state index is 0.149. The topological polar surface area (TPSA) is 12.0 Å². The highest BCUT2D eigenvalue weighted by molar-refractivity contribution is 7.09. The molecule has 0 spiro atoms. The Balaban J connectivity index is 2.00. The van der Waals surface area contributed by atoms with Crippen molar-refractivity contribution in [3.63, 3.8) is 0 Å². The van der Waals surface area contributed by atoms with Crippen LogP contribution in [-0.2, 0) is 6.42 Å². The Hall–Kier alpha value is -1.26. The molecule has 1 nitrogen and oxygen atoms in total. The zero-order valence-electron chi connectivity index (χ0n) is 10.8. The van der Waals surface area contributed by atoms with Crippen molar-refractivity contribution >= 4 is 11.3 Å². The second kappa shape index (κ2) is 6.78. The maximum absolute atomic E-state index is 13.7. The normalized spacial score (nSPS) is 12.6. The molecule has 102 valence electrons. The van der Waals surface area contributed by atoms with Crippen LogP contribution in [0.2, 0.25) is 0 Å². The average Bonchev–Trinajstić information content (AvgIpc) is 2.89. The second-order valence-electron chi connectivity index (χ2n) is 4.45. The van der Waals surface area contributed by atoms with E-state index in [2.05, 4.69) is 11.4 Å². The summed E-state index contributed by atoms with van der Waals surface area (Å²) >= 11 is 1.72. The minimum Gasteiger partial charge on any atom is -0.313 e. The third-order valence-electron chi connectivity index (χ3n) is 3.19. The van der Waals surface area contributed by atoms with Crippen LogP contribution in [0.4, 0.5) is 8.78 Å². The Labute approximate surface area is 116 Å². The van der Waals surface area contributed by atoms with E-state index in [9.17, 15) is 8.78 Å². The van der Waals surface area contributed by atoms with Crippen LogP contribution in [0.3, 0.4) is 0 Å². The van der Waals surface area contributed by atoms with E-state index in [0.29, 0.717) is 6.42 Å². The van der Waals surface area contributed by atoms with Gasteiger partial charge < -0.3 is 5.32 Å². The van der Waals surface area contributed by atoms with Crippen molar-refractivity contribution in [3.05, 3.63) is 57.8 Å². The first-order valence-corrected chi connectivity index (χ1v) is 7.24. The highest BCUT2D eigenvalue weighted by Gasteiger charge is 2.18. The van der Waals surface area contributed by atoms with Gasteiger partial charge in [0.1, 0.15) is 11.6 Å². The van der Waals surface area contributed by atoms with Gasteiger partial charge in [0.2, 0.25) is 0 Å². The highest BCUT2D eigenvalue weighted by atomic mass is 32.1. The molecule has 0 radical (unpaired) electrons. The van der Waals surface area contributed by atoms with Gasteiger partial charge >= 0.3 is 0 Å². The average molecular weight is 281 g/mol. The fourth-order valence-electron chi connectivity index (χ4n) is 2.21. The zero-order chi connectivity index (χ0) is 13.7. The first kappa shape index (κ1) is 14.2. The largest absolute Gasteiger partial charge is 0.313 e. The summed E-state index contributed by atoms with van der Waals surface area (Å²) in [6.45, 7) is 0. The third kappa shape index (κ3) is 3.61. The predicted molar refractivity (Wildman–Crippen MR) is 75.4 cm³/mol. The smallest absolute Gasteiger partial charge is 0.130 e. The first-order chi connectivity index (χ1) is 9.22. The molecule has 4 heteroatoms. The van der Waals surface area contributed by atoms with Crippen LogP contribution < -0.4 is 5.32 Å². The van der Waals surface area contributed by atoms with Crippen molar-refractivity contribution in [3.8, 4) is 0 Å². The van der Waals surface area contributed by atoms with Crippen LogP contribution in [0.5, 0.6) is 0 Å². The van der Waals surface area contributed by atoms with Gasteiger partial charge in [-0.15, -0.1) is 11.3 Å². The molecule has 0 aliphatic rings. The Morgan fingerprint density at radius 1 is 1.16 bits per heavy atom. The molecular weight excluding hydrogens is 264 g/mol. The maximum atomic E-state index is 13.7. The van der Waals surface area contributed by atoms with Crippen LogP contribution in [0.15, 0.2) is 35.7 Å². The molecule has 0 aliphatic carbocycles. The Morgan fingerprint density at radius 2 is 1.89 bits per heavy atom. The maximum Gasteiger partial charge on any atom is 0.130 e. The number of nitrogens with one attached hydrogen (secondary N) is 1. The molecule has 0 saturated carbocycles. The van der Waals surface area contributed by atoms with E-state index in [1.54, 1.807) is 18.4 Å². The standard InChI is InChI=1S/C15H17F2NS/c1-18-14(9-2-5-11-6-4-10-19-11)15-12(16)7-3-8-13(15)17/h3-4,6-8,10,14,18H,2,5,9H2,1H3. The van der Waals surface area contributed by atoms with E-state index in [-0.39, 0.29) is 11.6 Å². The number of rotatable bonds is 6. The van der Waals surface area contributed by atoms with Gasteiger partial charge in [-0.3, -0.25) is 0 Å². The monoisotopic (exact) mass is 281 g/mol. The number of aryl methyl sites for hydroxylation is 1. The van der Waals surface area contributed by atoms with E-state index in [4.69, 9.17) is 0 Å². The Bertz CT molecular complexity index is 491. The van der Waals surface area contributed by atoms with Crippen LogP contribution >= 0.6 is 11.3 Å². The van der Waals surface area contributed by atoms with Crippen LogP contribution in [0.1, 0.15) is 29.3 Å². The molecule has 1 N–H and O–H groups in total. The number of thiophene rings is 1. The van der Waals surface area contributed by atoms with Crippen LogP contribution in [0, 0.1) is 11.6 Å². The molecule has 1 aromatic carbocycles. The zero-order valence-corrected chi connectivity index (χ0v) is 11.6. The first-order valence-electron chi connectivity index (χ1n) is 6.36. The third-order valence-corrected chi connectivity index (χ3v) is 4.13. The number of hydrogen-bond donors (Lipinski definition) is 1. The molecule has 0 saturated heterocycles. The SMILES string of the molecule is CNC(CCCc1cccs1)c1c(F)cccc1F. The lowest BCUT2D eigenvalue weighted by Gasteiger charge is -2.17. The number of halogens is 2. The molecular formula is C15H17F2NS. The molecule has 1 aromatic heterocycles. The summed E-state index contributed by atoms with van der Waals surface area (Å²) < 4.78 is 27.4. The lowest BCUT2D eigenvalue weighted by atomic mass is 9.99. The van der Waals surface area contributed by atoms with Gasteiger partial charge in [-0.2, -0.15) is 0 Å². The molecule has 1 heterocycles. The van der Waals surface area contributed by atoms with Crippen molar-refractivity contribution < 1.29 is 8.78 Å². The fraction of sp³-hybridized carbons (Fsp3) is 0.333. The van der Waals surface area contributed by atoms with E-state index in [1.165, 1.54) is 23.1 Å². The van der Waals surface area contributed by atoms with Gasteiger partial charge in [0.15, 0.2) is 0 Å². The van der Waals surface area contributed by atoms with Crippen molar-refractivity contribution in [2.75, 3.05) is 7.05 Å². The van der Waals surface area contributed by atoms with Gasteiger partial charge in [0.05, 0.1) is 0 Å². The van der Waals surface area contributed by atoms with E-state index < -0.39 is 11.6 Å². The summed E-state index contributed by atoms with van der Waals surface area (Å²) in [5, 5.41) is 5.05. The summed E-state index contributed by atoms with van der Waals surface area (Å²) in [6, 6.07) is 7.84. The van der Waals surface area contributed by atoms with E-state index >= 15 is 0 Å². The number of benzene rings is 1. The lowest BCUT2D eigenvalue weighted by molar-refractivity contribution is 0.462. The summed E-state index contributed by atoms with van der Waals surface area (Å²) in [4.78, 5) is 1.31. The van der Waals surface area contributed by atoms with Gasteiger partial charge in [-0.25, -0.2) is 8.78 Å². The Morgan fingerprint density at radius 3 is 2.47 bits per heavy atom. The molecule has 1 atom stereocenters. The van der Waals surface area contributed by atoms with Crippen molar-refractivity contribution in [1.29, 1.82) is 0 Å². The summed E-state index contributed by atoms with van der Waals surface area (Å²) in [7, 11) is 1.74. The molecule has 2 rings (SSSR count). The molecule has 19 heavy (non-hydrogen) atoms. The van der Waals surface area contributed by atoms with Gasteiger partial charge in [0, 0.05) is 16.5 Å². The molecule has 0 aliphatic heterocycles. The van der Waals surface area contributed by atoms with Crippen LogP contribution in [0.25, 0.3) is 0 Å². The Kier molecular flexibility index (Phi) is 5.05. The van der Waals surface area contributed by atoms with Gasteiger partial charge in [0.25, 0.3) is 0 Å². The summed E-state index contributed by atoms with van der Waals surface area (Å²) in [6.07, 6.45) is 2.57. The van der Waals surface area contributed by atoms with E-state index in [0.717, 1.165) is 12.8 Å². The van der Waals surface area contributed by atoms with Crippen molar-refractivity contribution in [2.24, 2.45) is 0 Å². The molecule has 2 aromatic rings. The molecule has 0 fully saturated rings. The molecule has 0 amide bonds. The predicted octanol–water partition coefficient (Wildman–Crippen LogP) is 4.31. The van der Waals surface area contributed by atoms with Gasteiger partial charge in [-0.05, 0) is 49.9 Å². The second-order valence-corrected chi connectivity index (χ2v) is 5.48. The van der Waals surface area contributed by atoms with E-state index in [1.807, 2.05) is 11.4 Å². The van der Waals surface area contributed by atoms with Crippen LogP contribution in [-0.4, -0.2) is 7.05 Å². The van der Waals surface area contributed by atoms with Crippen molar-refractivity contribution in [2.45, 2.75) is 25.3 Å². The van der Waals surface area contributed by atoms with Gasteiger partial charge in [-0.1, -0.05) is 12.1 Å². The fourth-order valence-corrected chi connectivity index (χ4v) is 2.96.